The Morgan fingerprint density at radius 2 is 1.31 bits per heavy atom. The van der Waals surface area contributed by atoms with Gasteiger partial charge in [0.25, 0.3) is 0 Å². The van der Waals surface area contributed by atoms with Crippen LogP contribution in [0, 0.1) is 0 Å². The zero-order valence-electron chi connectivity index (χ0n) is 23.5. The van der Waals surface area contributed by atoms with Crippen LogP contribution in [0.1, 0.15) is 104 Å². The third-order valence-electron chi connectivity index (χ3n) is 5.58. The van der Waals surface area contributed by atoms with E-state index in [0.717, 1.165) is 19.3 Å². The summed E-state index contributed by atoms with van der Waals surface area (Å²) < 4.78 is 33.5. The number of likely N-dealkylation sites (N-methyl/N-ethyl adjacent to an activating group) is 1. The van der Waals surface area contributed by atoms with Crippen molar-refractivity contribution in [3.8, 4) is 0 Å². The fraction of sp³-hybridized carbons (Fsp3) is 0.923. The summed E-state index contributed by atoms with van der Waals surface area (Å²) in [5.41, 5.74) is 0. The highest BCUT2D eigenvalue weighted by Gasteiger charge is 2.24. The van der Waals surface area contributed by atoms with E-state index in [1.165, 1.54) is 64.7 Å². The van der Waals surface area contributed by atoms with E-state index in [4.69, 9.17) is 18.5 Å². The lowest BCUT2D eigenvalue weighted by atomic mass is 10.1. The average Bonchev–Trinajstić information content (AvgIpc) is 2.75. The minimum atomic E-state index is -4.21. The maximum Gasteiger partial charge on any atom is 0.472 e. The molecule has 36 heavy (non-hydrogen) atoms. The predicted octanol–water partition coefficient (Wildman–Crippen LogP) is 5.78. The first-order valence-electron chi connectivity index (χ1n) is 13.7. The Kier molecular flexibility index (Phi) is 20.7. The lowest BCUT2D eigenvalue weighted by Gasteiger charge is -2.24. The van der Waals surface area contributed by atoms with E-state index in [9.17, 15) is 19.0 Å². The van der Waals surface area contributed by atoms with Crippen LogP contribution >= 0.6 is 7.82 Å². The van der Waals surface area contributed by atoms with E-state index < -0.39 is 20.1 Å². The first-order chi connectivity index (χ1) is 16.9. The summed E-state index contributed by atoms with van der Waals surface area (Å²) in [6.45, 7) is 4.37. The molecule has 0 aliphatic heterocycles. The molecule has 0 aliphatic carbocycles. The van der Waals surface area contributed by atoms with E-state index >= 15 is 0 Å². The zero-order valence-corrected chi connectivity index (χ0v) is 24.4. The fourth-order valence-corrected chi connectivity index (χ4v) is 4.18. The summed E-state index contributed by atoms with van der Waals surface area (Å²) in [5, 5.41) is 0. The minimum absolute atomic E-state index is 0.0607. The topological polar surface area (TPSA) is 108 Å². The number of phosphoric ester groups is 1. The van der Waals surface area contributed by atoms with Gasteiger partial charge in [0.05, 0.1) is 34.4 Å². The van der Waals surface area contributed by atoms with Crippen LogP contribution in [0.25, 0.3) is 0 Å². The van der Waals surface area contributed by atoms with Crippen molar-refractivity contribution >= 4 is 19.6 Å². The van der Waals surface area contributed by atoms with Crippen molar-refractivity contribution < 1.29 is 42.1 Å². The standard InChI is InChI=1S/C26H52NO8P/c1-6-7-8-9-10-11-12-13-14-15-16-17-20-32-26(35-25(29)23-24(2)28)18-21-33-36(30,31)34-22-19-27(3,4)5/h26H,6-23H2,1-5H3/p+1. The van der Waals surface area contributed by atoms with Crippen LogP contribution in [0.2, 0.25) is 0 Å². The summed E-state index contributed by atoms with van der Waals surface area (Å²) in [7, 11) is 1.62. The number of nitrogens with zero attached hydrogens (tertiary/aromatic N) is 1. The normalized spacial score (nSPS) is 14.4. The van der Waals surface area contributed by atoms with Gasteiger partial charge in [-0.25, -0.2) is 4.57 Å². The van der Waals surface area contributed by atoms with Gasteiger partial charge in [-0.3, -0.25) is 18.6 Å². The van der Waals surface area contributed by atoms with E-state index in [0.29, 0.717) is 17.6 Å². The first kappa shape index (κ1) is 35.2. The fourth-order valence-electron chi connectivity index (χ4n) is 3.46. The molecule has 0 heterocycles. The number of phosphoric acid groups is 1. The van der Waals surface area contributed by atoms with Crippen LogP contribution in [0.4, 0.5) is 0 Å². The molecule has 0 spiro atoms. The van der Waals surface area contributed by atoms with Gasteiger partial charge in [-0.15, -0.1) is 0 Å². The van der Waals surface area contributed by atoms with Gasteiger partial charge in [0, 0.05) is 6.42 Å². The molecular formula is C26H53NO8P+. The summed E-state index contributed by atoms with van der Waals surface area (Å²) in [6.07, 6.45) is 13.5. The molecule has 0 rings (SSSR count). The van der Waals surface area contributed by atoms with Gasteiger partial charge < -0.3 is 18.9 Å². The second-order valence-electron chi connectivity index (χ2n) is 10.5. The van der Waals surface area contributed by atoms with Crippen molar-refractivity contribution in [3.05, 3.63) is 0 Å². The van der Waals surface area contributed by atoms with Crippen LogP contribution in [0.3, 0.4) is 0 Å². The number of rotatable bonds is 25. The van der Waals surface area contributed by atoms with E-state index in [2.05, 4.69) is 6.92 Å². The molecule has 0 saturated carbocycles. The zero-order chi connectivity index (χ0) is 27.3. The molecule has 2 atom stereocenters. The molecule has 214 valence electrons. The third-order valence-corrected chi connectivity index (χ3v) is 6.60. The molecule has 0 radical (unpaired) electrons. The molecule has 0 aromatic carbocycles. The van der Waals surface area contributed by atoms with Gasteiger partial charge in [-0.05, 0) is 13.3 Å². The molecule has 0 fully saturated rings. The number of hydrogen-bond acceptors (Lipinski definition) is 7. The van der Waals surface area contributed by atoms with Gasteiger partial charge in [-0.1, -0.05) is 77.6 Å². The van der Waals surface area contributed by atoms with Gasteiger partial charge in [0.2, 0.25) is 6.29 Å². The number of Topliss-reactive ketones (excluding diaryl/α,β-unsaturated/α-hetero) is 1. The van der Waals surface area contributed by atoms with Crippen molar-refractivity contribution in [2.45, 2.75) is 110 Å². The molecule has 0 aliphatic rings. The molecule has 0 aromatic heterocycles. The smallest absolute Gasteiger partial charge is 0.435 e. The molecule has 1 N–H and O–H groups in total. The Morgan fingerprint density at radius 3 is 1.81 bits per heavy atom. The third kappa shape index (κ3) is 24.8. The molecule has 0 saturated heterocycles. The number of ether oxygens (including phenoxy) is 2. The van der Waals surface area contributed by atoms with Gasteiger partial charge in [-0.2, -0.15) is 0 Å². The van der Waals surface area contributed by atoms with Crippen LogP contribution in [0.5, 0.6) is 0 Å². The van der Waals surface area contributed by atoms with Crippen molar-refractivity contribution in [1.29, 1.82) is 0 Å². The highest BCUT2D eigenvalue weighted by atomic mass is 31.2. The molecule has 9 nitrogen and oxygen atoms in total. The number of unbranched alkanes of at least 4 members (excludes halogenated alkanes) is 11. The number of quaternary nitrogens is 1. The first-order valence-corrected chi connectivity index (χ1v) is 15.2. The average molecular weight is 539 g/mol. The van der Waals surface area contributed by atoms with Gasteiger partial charge >= 0.3 is 13.8 Å². The molecule has 0 aromatic rings. The van der Waals surface area contributed by atoms with E-state index in [1.807, 2.05) is 21.1 Å². The van der Waals surface area contributed by atoms with Crippen LogP contribution < -0.4 is 0 Å². The Bertz CT molecular complexity index is 624. The Morgan fingerprint density at radius 1 is 0.806 bits per heavy atom. The Hall–Kier alpha value is -0.830. The summed E-state index contributed by atoms with van der Waals surface area (Å²) >= 11 is 0. The van der Waals surface area contributed by atoms with Gasteiger partial charge in [0.15, 0.2) is 0 Å². The monoisotopic (exact) mass is 538 g/mol. The Balaban J connectivity index is 4.17. The van der Waals surface area contributed by atoms with Crippen LogP contribution in [0.15, 0.2) is 0 Å². The SMILES string of the molecule is CCCCCCCCCCCCCCOC(CCOP(=O)(O)OCC[N+](C)(C)C)OC(=O)CC(C)=O. The maximum atomic E-state index is 12.0. The van der Waals surface area contributed by atoms with Crippen LogP contribution in [-0.2, 0) is 32.7 Å². The summed E-state index contributed by atoms with van der Waals surface area (Å²) in [6, 6.07) is 0. The molecule has 0 amide bonds. The second-order valence-corrected chi connectivity index (χ2v) is 11.9. The molecular weight excluding hydrogens is 485 g/mol. The Labute approximate surface area is 219 Å². The summed E-state index contributed by atoms with van der Waals surface area (Å²) in [5.74, 6) is -0.991. The van der Waals surface area contributed by atoms with E-state index in [1.54, 1.807) is 0 Å². The second kappa shape index (κ2) is 21.1. The lowest BCUT2D eigenvalue weighted by molar-refractivity contribution is -0.870. The van der Waals surface area contributed by atoms with E-state index in [-0.39, 0.29) is 31.8 Å². The van der Waals surface area contributed by atoms with Crippen LogP contribution in [-0.4, -0.2) is 74.9 Å². The predicted molar refractivity (Wildman–Crippen MR) is 141 cm³/mol. The highest BCUT2D eigenvalue weighted by Crippen LogP contribution is 2.43. The minimum Gasteiger partial charge on any atom is -0.435 e. The van der Waals surface area contributed by atoms with Crippen molar-refractivity contribution in [1.82, 2.24) is 0 Å². The lowest BCUT2D eigenvalue weighted by Crippen LogP contribution is -2.37. The van der Waals surface area contributed by atoms with Gasteiger partial charge in [0.1, 0.15) is 25.4 Å². The molecule has 2 unspecified atom stereocenters. The number of carbonyl (C=O) groups excluding carboxylic acids is 2. The molecule has 10 heteroatoms. The van der Waals surface area contributed by atoms with Crippen molar-refractivity contribution in [2.24, 2.45) is 0 Å². The quantitative estimate of drug-likeness (QED) is 0.0389. The molecule has 0 bridgehead atoms. The van der Waals surface area contributed by atoms with Crippen molar-refractivity contribution in [2.75, 3.05) is 47.5 Å². The highest BCUT2D eigenvalue weighted by molar-refractivity contribution is 7.47. The largest absolute Gasteiger partial charge is 0.472 e. The van der Waals surface area contributed by atoms with Crippen molar-refractivity contribution in [3.63, 3.8) is 0 Å². The maximum absolute atomic E-state index is 12.0. The number of ketones is 1. The number of hydrogen-bond donors (Lipinski definition) is 1. The number of carbonyl (C=O) groups is 2. The summed E-state index contributed by atoms with van der Waals surface area (Å²) in [4.78, 5) is 32.9. The number of esters is 1.